The molecule has 0 aliphatic rings. The zero-order valence-corrected chi connectivity index (χ0v) is 59.0. The molecule has 0 aromatic heterocycles. The number of esters is 1. The van der Waals surface area contributed by atoms with Gasteiger partial charge in [-0.2, -0.15) is 0 Å². The molecule has 0 radical (unpaired) electrons. The molecule has 0 spiro atoms. The molecule has 87 heavy (non-hydrogen) atoms. The quantitative estimate of drug-likeness (QED) is 0.0320. The molecule has 0 fully saturated rings. The third-order valence-corrected chi connectivity index (χ3v) is 18.6. The van der Waals surface area contributed by atoms with E-state index in [1.54, 1.807) is 6.08 Å². The van der Waals surface area contributed by atoms with Gasteiger partial charge in [0.25, 0.3) is 0 Å². The molecule has 0 heterocycles. The lowest BCUT2D eigenvalue weighted by Crippen LogP contribution is -2.45. The van der Waals surface area contributed by atoms with Crippen LogP contribution in [0.4, 0.5) is 0 Å². The van der Waals surface area contributed by atoms with E-state index in [9.17, 15) is 19.8 Å². The minimum Gasteiger partial charge on any atom is -0.466 e. The lowest BCUT2D eigenvalue weighted by molar-refractivity contribution is -0.143. The summed E-state index contributed by atoms with van der Waals surface area (Å²) in [6, 6.07) is -0.628. The number of ether oxygens (including phenoxy) is 1. The lowest BCUT2D eigenvalue weighted by atomic mass is 10.0. The summed E-state index contributed by atoms with van der Waals surface area (Å²) in [5, 5.41) is 23.3. The highest BCUT2D eigenvalue weighted by molar-refractivity contribution is 5.76. The van der Waals surface area contributed by atoms with Crippen molar-refractivity contribution in [2.75, 3.05) is 13.2 Å². The van der Waals surface area contributed by atoms with Crippen molar-refractivity contribution in [3.05, 3.63) is 36.5 Å². The summed E-state index contributed by atoms with van der Waals surface area (Å²) in [6.45, 7) is 4.94. The minimum atomic E-state index is -0.845. The smallest absolute Gasteiger partial charge is 0.305 e. The van der Waals surface area contributed by atoms with Crippen molar-refractivity contribution in [2.45, 2.75) is 456 Å². The van der Waals surface area contributed by atoms with Crippen LogP contribution in [0.2, 0.25) is 0 Å². The van der Waals surface area contributed by atoms with E-state index >= 15 is 0 Å². The molecular formula is C81H155NO5. The van der Waals surface area contributed by atoms with Crippen LogP contribution in [0.15, 0.2) is 36.5 Å². The Kier molecular flexibility index (Phi) is 74.8. The molecule has 1 amide bonds. The fourth-order valence-corrected chi connectivity index (χ4v) is 12.6. The van der Waals surface area contributed by atoms with Gasteiger partial charge in [0.2, 0.25) is 5.91 Å². The van der Waals surface area contributed by atoms with Crippen molar-refractivity contribution in [2.24, 2.45) is 0 Å². The summed E-state index contributed by atoms with van der Waals surface area (Å²) in [5.41, 5.74) is 0. The van der Waals surface area contributed by atoms with Crippen LogP contribution in [0.25, 0.3) is 0 Å². The van der Waals surface area contributed by atoms with E-state index in [0.717, 1.165) is 44.9 Å². The molecule has 3 N–H and O–H groups in total. The van der Waals surface area contributed by atoms with Crippen molar-refractivity contribution < 1.29 is 24.5 Å². The van der Waals surface area contributed by atoms with Gasteiger partial charge in [0.15, 0.2) is 0 Å². The summed E-state index contributed by atoms with van der Waals surface area (Å²) >= 11 is 0. The second kappa shape index (κ2) is 76.5. The van der Waals surface area contributed by atoms with Crippen LogP contribution in [-0.2, 0) is 14.3 Å². The van der Waals surface area contributed by atoms with Gasteiger partial charge in [-0.1, -0.05) is 384 Å². The van der Waals surface area contributed by atoms with Gasteiger partial charge in [0.1, 0.15) is 0 Å². The molecule has 0 bridgehead atoms. The number of amides is 1. The first-order chi connectivity index (χ1) is 43.0. The van der Waals surface area contributed by atoms with E-state index in [0.29, 0.717) is 19.4 Å². The Morgan fingerprint density at radius 2 is 0.540 bits per heavy atom. The SMILES string of the molecule is CCCCCCC/C=C\CCCCCCCC(=O)OCCCCCCCCCCCCCC/C=C\CCCCCCCCCCCCCCCCCC(=O)NC(CO)C(O)/C=C/CCCCCCCCCCCCCCCCCCCCCCCCC. The number of rotatable bonds is 75. The van der Waals surface area contributed by atoms with Gasteiger partial charge in [-0.25, -0.2) is 0 Å². The van der Waals surface area contributed by atoms with E-state index in [1.165, 1.54) is 372 Å². The standard InChI is InChI=1S/C81H155NO5/c1-3-5-7-9-11-13-15-17-19-20-21-22-23-31-34-37-40-43-46-49-53-57-61-65-69-73-79(84)78(77-83)82-80(85)74-70-66-62-58-54-50-47-44-41-38-35-32-29-27-25-24-26-28-30-33-36-39-42-45-48-52-56-60-64-68-72-76-87-81(86)75-71-67-63-59-55-51-18-16-14-12-10-8-6-4-2/h16,18,26,28,69,73,78-79,83-84H,3-15,17,19-25,27,29-68,70-72,74-77H2,1-2H3,(H,82,85)/b18-16-,28-26-,73-69+. The number of hydrogen-bond donors (Lipinski definition) is 3. The maximum Gasteiger partial charge on any atom is 0.305 e. The molecule has 2 unspecified atom stereocenters. The summed E-state index contributed by atoms with van der Waals surface area (Å²) in [7, 11) is 0. The fraction of sp³-hybridized carbons (Fsp3) is 0.901. The van der Waals surface area contributed by atoms with Gasteiger partial charge in [-0.3, -0.25) is 9.59 Å². The van der Waals surface area contributed by atoms with Gasteiger partial charge in [-0.15, -0.1) is 0 Å². The Balaban J connectivity index is 3.39. The van der Waals surface area contributed by atoms with Crippen molar-refractivity contribution in [3.8, 4) is 0 Å². The molecule has 0 aromatic rings. The number of carbonyl (C=O) groups excluding carboxylic acids is 2. The van der Waals surface area contributed by atoms with Crippen molar-refractivity contribution in [3.63, 3.8) is 0 Å². The van der Waals surface area contributed by atoms with E-state index in [-0.39, 0.29) is 18.5 Å². The van der Waals surface area contributed by atoms with Crippen LogP contribution in [0, 0.1) is 0 Å². The largest absolute Gasteiger partial charge is 0.466 e. The van der Waals surface area contributed by atoms with Crippen LogP contribution in [-0.4, -0.2) is 47.4 Å². The van der Waals surface area contributed by atoms with E-state index in [2.05, 4.69) is 43.5 Å². The van der Waals surface area contributed by atoms with Crippen LogP contribution >= 0.6 is 0 Å². The molecule has 6 heteroatoms. The summed E-state index contributed by atoms with van der Waals surface area (Å²) < 4.78 is 5.49. The maximum absolute atomic E-state index is 12.6. The number of allylic oxidation sites excluding steroid dienone is 5. The summed E-state index contributed by atoms with van der Waals surface area (Å²) in [4.78, 5) is 24.6. The number of aliphatic hydroxyl groups excluding tert-OH is 2. The highest BCUT2D eigenvalue weighted by atomic mass is 16.5. The lowest BCUT2D eigenvalue weighted by Gasteiger charge is -2.20. The number of carbonyl (C=O) groups is 2. The zero-order chi connectivity index (χ0) is 62.8. The molecule has 514 valence electrons. The molecular weight excluding hydrogens is 1070 g/mol. The second-order valence-corrected chi connectivity index (χ2v) is 27.4. The third-order valence-electron chi connectivity index (χ3n) is 18.6. The van der Waals surface area contributed by atoms with E-state index < -0.39 is 12.1 Å². The van der Waals surface area contributed by atoms with Crippen molar-refractivity contribution >= 4 is 11.9 Å². The molecule has 0 saturated carbocycles. The summed E-state index contributed by atoms with van der Waals surface area (Å²) in [6.07, 6.45) is 99.8. The number of nitrogens with one attached hydrogen (secondary N) is 1. The topological polar surface area (TPSA) is 95.9 Å². The Bertz CT molecular complexity index is 1410. The molecule has 0 saturated heterocycles. The number of unbranched alkanes of at least 4 members (excludes halogenated alkanes) is 60. The fourth-order valence-electron chi connectivity index (χ4n) is 12.6. The second-order valence-electron chi connectivity index (χ2n) is 27.4. The Morgan fingerprint density at radius 3 is 0.816 bits per heavy atom. The zero-order valence-electron chi connectivity index (χ0n) is 59.0. The predicted molar refractivity (Wildman–Crippen MR) is 384 cm³/mol. The first-order valence-electron chi connectivity index (χ1n) is 39.8. The highest BCUT2D eigenvalue weighted by Gasteiger charge is 2.18. The van der Waals surface area contributed by atoms with Crippen LogP contribution < -0.4 is 5.32 Å². The first-order valence-corrected chi connectivity index (χ1v) is 39.8. The number of hydrogen-bond acceptors (Lipinski definition) is 5. The Labute approximate surface area is 544 Å². The first kappa shape index (κ1) is 85.1. The van der Waals surface area contributed by atoms with E-state index in [4.69, 9.17) is 4.74 Å². The normalized spacial score (nSPS) is 12.6. The van der Waals surface area contributed by atoms with Gasteiger partial charge >= 0.3 is 5.97 Å². The third kappa shape index (κ3) is 73.0. The maximum atomic E-state index is 12.6. The average molecular weight is 1220 g/mol. The van der Waals surface area contributed by atoms with Crippen LogP contribution in [0.1, 0.15) is 444 Å². The molecule has 2 atom stereocenters. The Hall–Kier alpha value is -1.92. The predicted octanol–water partition coefficient (Wildman–Crippen LogP) is 26.2. The molecule has 0 aromatic carbocycles. The summed E-state index contributed by atoms with van der Waals surface area (Å²) in [5.74, 6) is -0.0513. The molecule has 6 nitrogen and oxygen atoms in total. The van der Waals surface area contributed by atoms with Crippen LogP contribution in [0.3, 0.4) is 0 Å². The van der Waals surface area contributed by atoms with Crippen molar-refractivity contribution in [1.29, 1.82) is 0 Å². The molecule has 0 aliphatic carbocycles. The number of aliphatic hydroxyl groups is 2. The van der Waals surface area contributed by atoms with Crippen LogP contribution in [0.5, 0.6) is 0 Å². The monoisotopic (exact) mass is 1220 g/mol. The van der Waals surface area contributed by atoms with Gasteiger partial charge < -0.3 is 20.3 Å². The van der Waals surface area contributed by atoms with Crippen molar-refractivity contribution in [1.82, 2.24) is 5.32 Å². The van der Waals surface area contributed by atoms with Gasteiger partial charge in [-0.05, 0) is 83.5 Å². The van der Waals surface area contributed by atoms with Gasteiger partial charge in [0, 0.05) is 12.8 Å². The molecule has 0 rings (SSSR count). The Morgan fingerprint density at radius 1 is 0.310 bits per heavy atom. The minimum absolute atomic E-state index is 0.00955. The molecule has 0 aliphatic heterocycles. The highest BCUT2D eigenvalue weighted by Crippen LogP contribution is 2.19. The van der Waals surface area contributed by atoms with E-state index in [1.807, 2.05) is 6.08 Å². The average Bonchev–Trinajstić information content (AvgIpc) is 3.52. The van der Waals surface area contributed by atoms with Gasteiger partial charge in [0.05, 0.1) is 25.4 Å².